The first-order chi connectivity index (χ1) is 17.0. The van der Waals surface area contributed by atoms with Crippen molar-refractivity contribution in [2.24, 2.45) is 10.5 Å². The van der Waals surface area contributed by atoms with Gasteiger partial charge in [0.15, 0.2) is 0 Å². The monoisotopic (exact) mass is 484 g/mol. The lowest BCUT2D eigenvalue weighted by molar-refractivity contribution is -0.125. The van der Waals surface area contributed by atoms with Crippen LogP contribution in [0, 0.1) is 12.3 Å². The number of rotatable bonds is 3. The van der Waals surface area contributed by atoms with Crippen molar-refractivity contribution >= 4 is 34.6 Å². The minimum absolute atomic E-state index is 0.0161. The number of anilines is 2. The summed E-state index contributed by atoms with van der Waals surface area (Å²) in [5.74, 6) is 0.0658. The number of benzene rings is 3. The molecule has 1 fully saturated rings. The van der Waals surface area contributed by atoms with E-state index < -0.39 is 5.41 Å². The second-order valence-corrected chi connectivity index (χ2v) is 10.4. The zero-order chi connectivity index (χ0) is 24.2. The Kier molecular flexibility index (Phi) is 5.42. The van der Waals surface area contributed by atoms with Crippen molar-refractivity contribution in [2.75, 3.05) is 29.5 Å². The molecule has 3 heterocycles. The van der Waals surface area contributed by atoms with Crippen LogP contribution in [0.15, 0.2) is 77.9 Å². The Bertz CT molecular complexity index is 1310. The summed E-state index contributed by atoms with van der Waals surface area (Å²) in [4.78, 5) is 19.2. The second kappa shape index (κ2) is 8.51. The van der Waals surface area contributed by atoms with Crippen LogP contribution in [0.1, 0.15) is 23.6 Å². The Morgan fingerprint density at radius 3 is 2.54 bits per heavy atom. The molecule has 3 aromatic rings. The summed E-state index contributed by atoms with van der Waals surface area (Å²) in [5, 5.41) is 7.23. The molecule has 0 N–H and O–H groups in total. The van der Waals surface area contributed by atoms with Crippen molar-refractivity contribution < 1.29 is 4.79 Å². The van der Waals surface area contributed by atoms with Crippen LogP contribution in [-0.4, -0.2) is 42.2 Å². The third kappa shape index (κ3) is 3.65. The van der Waals surface area contributed by atoms with Crippen LogP contribution in [0.4, 0.5) is 11.4 Å². The molecule has 0 aromatic heterocycles. The fraction of sp³-hybridized carbons (Fsp3) is 0.310. The van der Waals surface area contributed by atoms with E-state index in [1.54, 1.807) is 5.01 Å². The molecule has 0 aliphatic carbocycles. The average Bonchev–Trinajstić information content (AvgIpc) is 3.11. The molecule has 6 heteroatoms. The Hall–Kier alpha value is -3.15. The third-order valence-electron chi connectivity index (χ3n) is 7.86. The molecular weight excluding hydrogens is 456 g/mol. The van der Waals surface area contributed by atoms with Gasteiger partial charge in [-0.1, -0.05) is 65.7 Å². The maximum absolute atomic E-state index is 14.3. The van der Waals surface area contributed by atoms with Crippen LogP contribution in [0.5, 0.6) is 0 Å². The molecule has 0 bridgehead atoms. The highest BCUT2D eigenvalue weighted by Crippen LogP contribution is 2.48. The molecule has 0 saturated carbocycles. The van der Waals surface area contributed by atoms with Crippen LogP contribution in [0.2, 0.25) is 5.02 Å². The standard InChI is InChI=1S/C29H29ClN4O/c1-20-8-12-25(13-9-20)34-28(35)29(21(2)31-34)17-23-10-11-24(30)16-26(23)33-15-14-32(19-27(29)33)18-22-6-4-3-5-7-22/h3-13,16,27H,14-15,17-19H2,1-2H3/t27-,29+/m0/s1. The first-order valence-electron chi connectivity index (χ1n) is 12.2. The Balaban J connectivity index is 1.41. The number of amides is 1. The van der Waals surface area contributed by atoms with Crippen LogP contribution in [0.25, 0.3) is 0 Å². The lowest BCUT2D eigenvalue weighted by Gasteiger charge is -2.53. The number of nitrogens with zero attached hydrogens (tertiary/aromatic N) is 4. The number of halogens is 1. The van der Waals surface area contributed by atoms with Crippen LogP contribution < -0.4 is 9.91 Å². The van der Waals surface area contributed by atoms with Crippen LogP contribution in [0.3, 0.4) is 0 Å². The summed E-state index contributed by atoms with van der Waals surface area (Å²) >= 11 is 6.43. The summed E-state index contributed by atoms with van der Waals surface area (Å²) in [7, 11) is 0. The molecule has 1 spiro atoms. The first kappa shape index (κ1) is 22.3. The molecule has 6 rings (SSSR count). The van der Waals surface area contributed by atoms with Gasteiger partial charge in [-0.25, -0.2) is 0 Å². The second-order valence-electron chi connectivity index (χ2n) is 9.99. The molecule has 0 unspecified atom stereocenters. The Labute approximate surface area is 211 Å². The van der Waals surface area contributed by atoms with Crippen molar-refractivity contribution in [3.8, 4) is 0 Å². The van der Waals surface area contributed by atoms with E-state index in [4.69, 9.17) is 16.7 Å². The quantitative estimate of drug-likeness (QED) is 0.506. The van der Waals surface area contributed by atoms with Crippen LogP contribution >= 0.6 is 11.6 Å². The van der Waals surface area contributed by atoms with Crippen molar-refractivity contribution in [2.45, 2.75) is 32.9 Å². The summed E-state index contributed by atoms with van der Waals surface area (Å²) in [6.45, 7) is 7.52. The number of carbonyl (C=O) groups excluding carboxylic acids is 1. The van der Waals surface area contributed by atoms with E-state index in [1.165, 1.54) is 5.56 Å². The highest BCUT2D eigenvalue weighted by atomic mass is 35.5. The van der Waals surface area contributed by atoms with E-state index in [0.29, 0.717) is 6.42 Å². The lowest BCUT2D eigenvalue weighted by Crippen LogP contribution is -2.66. The number of carbonyl (C=O) groups is 1. The van der Waals surface area contributed by atoms with E-state index in [9.17, 15) is 4.79 Å². The maximum atomic E-state index is 14.3. The molecule has 1 amide bonds. The zero-order valence-electron chi connectivity index (χ0n) is 20.1. The number of aryl methyl sites for hydroxylation is 1. The predicted molar refractivity (Wildman–Crippen MR) is 142 cm³/mol. The fourth-order valence-corrected chi connectivity index (χ4v) is 6.15. The minimum Gasteiger partial charge on any atom is -0.364 e. The molecule has 1 saturated heterocycles. The summed E-state index contributed by atoms with van der Waals surface area (Å²) < 4.78 is 0. The van der Waals surface area contributed by atoms with Gasteiger partial charge in [-0.05, 0) is 55.7 Å². The van der Waals surface area contributed by atoms with Crippen molar-refractivity contribution in [3.05, 3.63) is 94.5 Å². The van der Waals surface area contributed by atoms with Gasteiger partial charge in [0.25, 0.3) is 5.91 Å². The molecular formula is C29H29ClN4O. The molecule has 3 aliphatic rings. The van der Waals surface area contributed by atoms with Gasteiger partial charge in [0.05, 0.1) is 17.4 Å². The Morgan fingerprint density at radius 2 is 1.77 bits per heavy atom. The number of hydrogen-bond donors (Lipinski definition) is 0. The number of fused-ring (bicyclic) bond motifs is 4. The maximum Gasteiger partial charge on any atom is 0.261 e. The van der Waals surface area contributed by atoms with E-state index in [1.807, 2.05) is 37.3 Å². The number of hydrogen-bond acceptors (Lipinski definition) is 4. The topological polar surface area (TPSA) is 39.2 Å². The molecule has 3 aromatic carbocycles. The molecule has 178 valence electrons. The smallest absolute Gasteiger partial charge is 0.261 e. The van der Waals surface area contributed by atoms with Gasteiger partial charge in [0.2, 0.25) is 0 Å². The highest BCUT2D eigenvalue weighted by molar-refractivity contribution is 6.31. The van der Waals surface area contributed by atoms with Crippen molar-refractivity contribution in [1.29, 1.82) is 0 Å². The van der Waals surface area contributed by atoms with Gasteiger partial charge in [-0.2, -0.15) is 10.1 Å². The average molecular weight is 485 g/mol. The van der Waals surface area contributed by atoms with E-state index in [-0.39, 0.29) is 11.9 Å². The molecule has 2 atom stereocenters. The highest BCUT2D eigenvalue weighted by Gasteiger charge is 2.59. The number of piperazine rings is 1. The van der Waals surface area contributed by atoms with Gasteiger partial charge in [-0.3, -0.25) is 9.69 Å². The zero-order valence-corrected chi connectivity index (χ0v) is 20.9. The largest absolute Gasteiger partial charge is 0.364 e. The summed E-state index contributed by atoms with van der Waals surface area (Å²) in [6, 6.07) is 24.7. The van der Waals surface area contributed by atoms with E-state index in [2.05, 4.69) is 59.2 Å². The fourth-order valence-electron chi connectivity index (χ4n) is 5.98. The van der Waals surface area contributed by atoms with Gasteiger partial charge in [0, 0.05) is 36.9 Å². The summed E-state index contributed by atoms with van der Waals surface area (Å²) in [5.41, 5.74) is 5.77. The van der Waals surface area contributed by atoms with Gasteiger partial charge in [-0.15, -0.1) is 0 Å². The van der Waals surface area contributed by atoms with Crippen molar-refractivity contribution in [1.82, 2.24) is 4.90 Å². The molecule has 3 aliphatic heterocycles. The number of hydrazone groups is 1. The van der Waals surface area contributed by atoms with Crippen LogP contribution in [-0.2, 0) is 17.8 Å². The first-order valence-corrected chi connectivity index (χ1v) is 12.6. The molecule has 5 nitrogen and oxygen atoms in total. The summed E-state index contributed by atoms with van der Waals surface area (Å²) in [6.07, 6.45) is 0.635. The SMILES string of the molecule is CC1=NN(c2ccc(C)cc2)C(=O)[C@]12Cc1ccc(Cl)cc1N1CCN(Cc3ccccc3)C[C@H]12. The van der Waals surface area contributed by atoms with E-state index in [0.717, 1.165) is 59.4 Å². The third-order valence-corrected chi connectivity index (χ3v) is 8.09. The minimum atomic E-state index is -0.707. The van der Waals surface area contributed by atoms with Gasteiger partial charge < -0.3 is 4.90 Å². The Morgan fingerprint density at radius 1 is 1.00 bits per heavy atom. The normalized spacial score (nSPS) is 23.9. The van der Waals surface area contributed by atoms with Crippen molar-refractivity contribution in [3.63, 3.8) is 0 Å². The molecule has 0 radical (unpaired) electrons. The molecule has 35 heavy (non-hydrogen) atoms. The van der Waals surface area contributed by atoms with Gasteiger partial charge in [0.1, 0.15) is 5.41 Å². The lowest BCUT2D eigenvalue weighted by atomic mass is 9.67. The van der Waals surface area contributed by atoms with E-state index >= 15 is 0 Å². The van der Waals surface area contributed by atoms with Gasteiger partial charge >= 0.3 is 0 Å². The predicted octanol–water partition coefficient (Wildman–Crippen LogP) is 5.30.